The van der Waals surface area contributed by atoms with Crippen LogP contribution < -0.4 is 0 Å². The molecule has 0 radical (unpaired) electrons. The fourth-order valence-electron chi connectivity index (χ4n) is 1.80. The Morgan fingerprint density at radius 3 is 2.44 bits per heavy atom. The summed E-state index contributed by atoms with van der Waals surface area (Å²) < 4.78 is 1.63. The molecule has 0 unspecified atom stereocenters. The Kier molecular flexibility index (Phi) is 2.69. The van der Waals surface area contributed by atoms with E-state index in [4.69, 9.17) is 0 Å². The van der Waals surface area contributed by atoms with Crippen LogP contribution in [0.1, 0.15) is 25.5 Å². The lowest BCUT2D eigenvalue weighted by atomic mass is 10.0. The van der Waals surface area contributed by atoms with Gasteiger partial charge in [-0.2, -0.15) is 5.10 Å². The Hall–Kier alpha value is -1.77. The van der Waals surface area contributed by atoms with E-state index in [1.807, 2.05) is 45.0 Å². The Labute approximate surface area is 95.3 Å². The number of aromatic nitrogens is 2. The average molecular weight is 216 g/mol. The largest absolute Gasteiger partial charge is 0.493 e. The number of aromatic hydroxyl groups is 1. The Morgan fingerprint density at radius 2 is 1.88 bits per heavy atom. The Morgan fingerprint density at radius 1 is 1.19 bits per heavy atom. The highest BCUT2D eigenvalue weighted by Gasteiger charge is 2.14. The fraction of sp³-hybridized carbons (Fsp3) is 0.308. The average Bonchev–Trinajstić information content (AvgIpc) is 2.61. The van der Waals surface area contributed by atoms with Crippen molar-refractivity contribution in [3.8, 4) is 17.0 Å². The molecular formula is C13H16N2O. The van der Waals surface area contributed by atoms with Crippen LogP contribution in [0.25, 0.3) is 11.1 Å². The molecule has 1 heterocycles. The van der Waals surface area contributed by atoms with Gasteiger partial charge in [0.2, 0.25) is 5.88 Å². The van der Waals surface area contributed by atoms with Crippen molar-refractivity contribution < 1.29 is 5.11 Å². The van der Waals surface area contributed by atoms with Gasteiger partial charge in [-0.1, -0.05) is 24.3 Å². The van der Waals surface area contributed by atoms with E-state index in [2.05, 4.69) is 5.10 Å². The van der Waals surface area contributed by atoms with Crippen LogP contribution in [0.15, 0.2) is 30.5 Å². The highest BCUT2D eigenvalue weighted by atomic mass is 16.3. The van der Waals surface area contributed by atoms with Crippen molar-refractivity contribution in [2.75, 3.05) is 0 Å². The lowest BCUT2D eigenvalue weighted by molar-refractivity contribution is 0.379. The predicted molar refractivity (Wildman–Crippen MR) is 64.4 cm³/mol. The SMILES string of the molecule is Cc1ccccc1-c1cnn(C(C)C)c1O. The van der Waals surface area contributed by atoms with Crippen LogP contribution in [0.2, 0.25) is 0 Å². The summed E-state index contributed by atoms with van der Waals surface area (Å²) in [6, 6.07) is 8.15. The summed E-state index contributed by atoms with van der Waals surface area (Å²) in [5.74, 6) is 0.240. The molecule has 0 saturated carbocycles. The molecule has 0 fully saturated rings. The van der Waals surface area contributed by atoms with E-state index < -0.39 is 0 Å². The van der Waals surface area contributed by atoms with Crippen molar-refractivity contribution in [2.24, 2.45) is 0 Å². The second-order valence-electron chi connectivity index (χ2n) is 4.24. The monoisotopic (exact) mass is 216 g/mol. The molecule has 3 nitrogen and oxygen atoms in total. The smallest absolute Gasteiger partial charge is 0.217 e. The van der Waals surface area contributed by atoms with Gasteiger partial charge in [0, 0.05) is 0 Å². The molecule has 16 heavy (non-hydrogen) atoms. The second-order valence-corrected chi connectivity index (χ2v) is 4.24. The molecule has 0 amide bonds. The van der Waals surface area contributed by atoms with E-state index in [9.17, 15) is 5.11 Å². The number of benzene rings is 1. The Balaban J connectivity index is 2.54. The third kappa shape index (κ3) is 1.69. The number of hydrogen-bond acceptors (Lipinski definition) is 2. The molecule has 0 bridgehead atoms. The van der Waals surface area contributed by atoms with Crippen molar-refractivity contribution >= 4 is 0 Å². The van der Waals surface area contributed by atoms with Gasteiger partial charge in [0.15, 0.2) is 0 Å². The maximum atomic E-state index is 10.1. The molecule has 2 rings (SSSR count). The van der Waals surface area contributed by atoms with E-state index in [-0.39, 0.29) is 11.9 Å². The standard InChI is InChI=1S/C13H16N2O/c1-9(2)15-13(16)12(8-14-15)11-7-5-4-6-10(11)3/h4-9,16H,1-3H3. The van der Waals surface area contributed by atoms with E-state index in [0.717, 1.165) is 16.7 Å². The first-order valence-corrected chi connectivity index (χ1v) is 5.43. The maximum absolute atomic E-state index is 10.1. The van der Waals surface area contributed by atoms with Gasteiger partial charge >= 0.3 is 0 Å². The third-order valence-corrected chi connectivity index (χ3v) is 2.69. The molecule has 0 atom stereocenters. The minimum Gasteiger partial charge on any atom is -0.493 e. The first-order chi connectivity index (χ1) is 7.61. The summed E-state index contributed by atoms with van der Waals surface area (Å²) >= 11 is 0. The minimum atomic E-state index is 0.165. The molecule has 0 saturated heterocycles. The second kappa shape index (κ2) is 4.00. The van der Waals surface area contributed by atoms with Gasteiger partial charge in [-0.25, -0.2) is 4.68 Å². The molecule has 0 spiro atoms. The number of aryl methyl sites for hydroxylation is 1. The van der Waals surface area contributed by atoms with Gasteiger partial charge in [-0.3, -0.25) is 0 Å². The van der Waals surface area contributed by atoms with Gasteiger partial charge in [0.05, 0.1) is 17.8 Å². The summed E-state index contributed by atoms with van der Waals surface area (Å²) in [7, 11) is 0. The van der Waals surface area contributed by atoms with Crippen molar-refractivity contribution in [2.45, 2.75) is 26.8 Å². The summed E-state index contributed by atoms with van der Waals surface area (Å²) in [6.45, 7) is 6.02. The molecule has 1 aromatic heterocycles. The number of nitrogens with zero attached hydrogens (tertiary/aromatic N) is 2. The third-order valence-electron chi connectivity index (χ3n) is 2.69. The number of hydrogen-bond donors (Lipinski definition) is 1. The molecular weight excluding hydrogens is 200 g/mol. The summed E-state index contributed by atoms with van der Waals surface area (Å²) in [6.07, 6.45) is 1.72. The van der Waals surface area contributed by atoms with E-state index in [0.29, 0.717) is 0 Å². The minimum absolute atomic E-state index is 0.165. The molecule has 84 valence electrons. The normalized spacial score (nSPS) is 11.0. The molecule has 2 aromatic rings. The summed E-state index contributed by atoms with van der Waals surface area (Å²) in [5, 5.41) is 14.3. The molecule has 3 heteroatoms. The molecule has 1 aromatic carbocycles. The molecule has 1 N–H and O–H groups in total. The number of rotatable bonds is 2. The fourth-order valence-corrected chi connectivity index (χ4v) is 1.80. The van der Waals surface area contributed by atoms with Gasteiger partial charge in [0.1, 0.15) is 0 Å². The van der Waals surface area contributed by atoms with Crippen molar-refractivity contribution in [3.05, 3.63) is 36.0 Å². The van der Waals surface area contributed by atoms with Crippen LogP contribution in [0.3, 0.4) is 0 Å². The summed E-state index contributed by atoms with van der Waals surface area (Å²) in [5.41, 5.74) is 2.97. The van der Waals surface area contributed by atoms with Gasteiger partial charge in [-0.05, 0) is 31.9 Å². The van der Waals surface area contributed by atoms with Crippen LogP contribution in [0.5, 0.6) is 5.88 Å². The van der Waals surface area contributed by atoms with Crippen LogP contribution in [-0.2, 0) is 0 Å². The highest BCUT2D eigenvalue weighted by molar-refractivity contribution is 5.70. The molecule has 0 aliphatic heterocycles. The maximum Gasteiger partial charge on any atom is 0.217 e. The molecule has 0 aliphatic carbocycles. The quantitative estimate of drug-likeness (QED) is 0.837. The van der Waals surface area contributed by atoms with E-state index in [1.165, 1.54) is 0 Å². The van der Waals surface area contributed by atoms with Crippen molar-refractivity contribution in [3.63, 3.8) is 0 Å². The zero-order valence-electron chi connectivity index (χ0n) is 9.81. The lowest BCUT2D eigenvalue weighted by Crippen LogP contribution is -2.01. The van der Waals surface area contributed by atoms with Crippen LogP contribution in [0.4, 0.5) is 0 Å². The summed E-state index contributed by atoms with van der Waals surface area (Å²) in [4.78, 5) is 0. The zero-order chi connectivity index (χ0) is 11.7. The van der Waals surface area contributed by atoms with Crippen LogP contribution in [0, 0.1) is 6.92 Å². The first kappa shape index (κ1) is 10.7. The van der Waals surface area contributed by atoms with Crippen LogP contribution >= 0.6 is 0 Å². The highest BCUT2D eigenvalue weighted by Crippen LogP contribution is 2.32. The lowest BCUT2D eigenvalue weighted by Gasteiger charge is -2.08. The topological polar surface area (TPSA) is 38.0 Å². The van der Waals surface area contributed by atoms with E-state index >= 15 is 0 Å². The zero-order valence-corrected chi connectivity index (χ0v) is 9.81. The van der Waals surface area contributed by atoms with Gasteiger partial charge < -0.3 is 5.11 Å². The predicted octanol–water partition coefficient (Wildman–Crippen LogP) is 3.15. The first-order valence-electron chi connectivity index (χ1n) is 5.43. The van der Waals surface area contributed by atoms with Gasteiger partial charge in [0.25, 0.3) is 0 Å². The van der Waals surface area contributed by atoms with Crippen molar-refractivity contribution in [1.29, 1.82) is 0 Å². The van der Waals surface area contributed by atoms with Crippen molar-refractivity contribution in [1.82, 2.24) is 9.78 Å². The van der Waals surface area contributed by atoms with E-state index in [1.54, 1.807) is 10.9 Å². The Bertz CT molecular complexity index is 500. The van der Waals surface area contributed by atoms with Gasteiger partial charge in [-0.15, -0.1) is 0 Å². The van der Waals surface area contributed by atoms with Crippen LogP contribution in [-0.4, -0.2) is 14.9 Å². The molecule has 0 aliphatic rings.